The molecule has 1 unspecified atom stereocenters. The molecule has 5 N–H and O–H groups in total. The van der Waals surface area contributed by atoms with Gasteiger partial charge in [0.25, 0.3) is 0 Å². The highest BCUT2D eigenvalue weighted by molar-refractivity contribution is 5.48. The zero-order chi connectivity index (χ0) is 12.1. The van der Waals surface area contributed by atoms with Crippen molar-refractivity contribution in [1.29, 1.82) is 0 Å². The van der Waals surface area contributed by atoms with Gasteiger partial charge in [0.1, 0.15) is 0 Å². The number of nitrogens with one attached hydrogen (secondary N) is 1. The molecule has 0 aromatic heterocycles. The second-order valence-corrected chi connectivity index (χ2v) is 5.09. The molecular formula is C14H23N3. The Labute approximate surface area is 104 Å². The van der Waals surface area contributed by atoms with Gasteiger partial charge in [-0.25, -0.2) is 0 Å². The molecule has 0 heterocycles. The Hall–Kier alpha value is -1.06. The van der Waals surface area contributed by atoms with E-state index in [0.29, 0.717) is 0 Å². The van der Waals surface area contributed by atoms with Gasteiger partial charge in [-0.3, -0.25) is 11.3 Å². The molecule has 3 nitrogen and oxygen atoms in total. The molecule has 0 spiro atoms. The second-order valence-electron chi connectivity index (χ2n) is 5.09. The van der Waals surface area contributed by atoms with E-state index in [1.54, 1.807) is 0 Å². The lowest BCUT2D eigenvalue weighted by molar-refractivity contribution is 0.301. The van der Waals surface area contributed by atoms with Crippen LogP contribution < -0.4 is 17.0 Å². The maximum Gasteiger partial charge on any atom is 0.0482 e. The largest absolute Gasteiger partial charge is 0.398 e. The number of hydrogen-bond donors (Lipinski definition) is 3. The van der Waals surface area contributed by atoms with Gasteiger partial charge in [-0.05, 0) is 24.0 Å². The fourth-order valence-corrected chi connectivity index (χ4v) is 2.87. The molecule has 0 radical (unpaired) electrons. The normalized spacial score (nSPS) is 19.1. The first-order valence-corrected chi connectivity index (χ1v) is 6.62. The van der Waals surface area contributed by atoms with Crippen molar-refractivity contribution in [2.24, 2.45) is 11.8 Å². The molecule has 17 heavy (non-hydrogen) atoms. The average Bonchev–Trinajstić information content (AvgIpc) is 2.38. The molecule has 0 aliphatic heterocycles. The highest BCUT2D eigenvalue weighted by Gasteiger charge is 2.20. The maximum atomic E-state index is 6.01. The molecule has 1 fully saturated rings. The SMILES string of the molecule is NNC(CC1CCCCC1)c1ccccc1N. The van der Waals surface area contributed by atoms with Crippen LogP contribution in [-0.4, -0.2) is 0 Å². The summed E-state index contributed by atoms with van der Waals surface area (Å²) in [6.45, 7) is 0. The van der Waals surface area contributed by atoms with Crippen molar-refractivity contribution < 1.29 is 0 Å². The Kier molecular flexibility index (Phi) is 4.40. The molecule has 1 aliphatic carbocycles. The summed E-state index contributed by atoms with van der Waals surface area (Å²) in [6, 6.07) is 8.20. The summed E-state index contributed by atoms with van der Waals surface area (Å²) in [5.74, 6) is 6.48. The van der Waals surface area contributed by atoms with E-state index in [2.05, 4.69) is 11.5 Å². The van der Waals surface area contributed by atoms with E-state index >= 15 is 0 Å². The minimum atomic E-state index is 0.194. The van der Waals surface area contributed by atoms with Crippen LogP contribution in [-0.2, 0) is 0 Å². The molecule has 0 amide bonds. The third kappa shape index (κ3) is 3.20. The van der Waals surface area contributed by atoms with Crippen LogP contribution >= 0.6 is 0 Å². The van der Waals surface area contributed by atoms with Gasteiger partial charge in [-0.15, -0.1) is 0 Å². The van der Waals surface area contributed by atoms with Crippen LogP contribution in [0, 0.1) is 5.92 Å². The van der Waals surface area contributed by atoms with Gasteiger partial charge < -0.3 is 5.73 Å². The first kappa shape index (κ1) is 12.4. The Morgan fingerprint density at radius 3 is 2.53 bits per heavy atom. The monoisotopic (exact) mass is 233 g/mol. The van der Waals surface area contributed by atoms with E-state index in [4.69, 9.17) is 11.6 Å². The lowest BCUT2D eigenvalue weighted by atomic mass is 9.83. The van der Waals surface area contributed by atoms with Gasteiger partial charge in [0.05, 0.1) is 0 Å². The fourth-order valence-electron chi connectivity index (χ4n) is 2.87. The highest BCUT2D eigenvalue weighted by atomic mass is 15.2. The molecule has 0 saturated heterocycles. The van der Waals surface area contributed by atoms with Crippen LogP contribution in [0.25, 0.3) is 0 Å². The van der Waals surface area contributed by atoms with Crippen LogP contribution in [0.4, 0.5) is 5.69 Å². The summed E-state index contributed by atoms with van der Waals surface area (Å²) in [6.07, 6.45) is 7.91. The van der Waals surface area contributed by atoms with Gasteiger partial charge in [0.2, 0.25) is 0 Å². The van der Waals surface area contributed by atoms with Crippen molar-refractivity contribution in [3.63, 3.8) is 0 Å². The van der Waals surface area contributed by atoms with E-state index in [0.717, 1.165) is 23.6 Å². The van der Waals surface area contributed by atoms with Crippen LogP contribution in [0.15, 0.2) is 24.3 Å². The summed E-state index contributed by atoms with van der Waals surface area (Å²) < 4.78 is 0. The molecule has 94 valence electrons. The number of anilines is 1. The Morgan fingerprint density at radius 2 is 1.88 bits per heavy atom. The Bertz CT molecular complexity index is 345. The first-order chi connectivity index (χ1) is 8.31. The van der Waals surface area contributed by atoms with Gasteiger partial charge in [-0.1, -0.05) is 50.3 Å². The van der Waals surface area contributed by atoms with Crippen molar-refractivity contribution in [3.8, 4) is 0 Å². The smallest absolute Gasteiger partial charge is 0.0482 e. The van der Waals surface area contributed by atoms with Crippen molar-refractivity contribution in [2.75, 3.05) is 5.73 Å². The van der Waals surface area contributed by atoms with Gasteiger partial charge in [0.15, 0.2) is 0 Å². The Morgan fingerprint density at radius 1 is 1.18 bits per heavy atom. The van der Waals surface area contributed by atoms with Crippen LogP contribution in [0.3, 0.4) is 0 Å². The standard InChI is InChI=1S/C14H23N3/c15-13-9-5-4-8-12(13)14(17-16)10-11-6-2-1-3-7-11/h4-5,8-9,11,14,17H,1-3,6-7,10,15-16H2. The number of hydrogen-bond acceptors (Lipinski definition) is 3. The van der Waals surface area contributed by atoms with Gasteiger partial charge in [0, 0.05) is 11.7 Å². The molecule has 3 heteroatoms. The van der Waals surface area contributed by atoms with Crippen molar-refractivity contribution in [2.45, 2.75) is 44.6 Å². The minimum absolute atomic E-state index is 0.194. The number of para-hydroxylation sites is 1. The summed E-state index contributed by atoms with van der Waals surface area (Å²) in [5.41, 5.74) is 10.9. The molecule has 2 rings (SSSR count). The van der Waals surface area contributed by atoms with Crippen molar-refractivity contribution >= 4 is 5.69 Å². The molecule has 1 aliphatic rings. The molecule has 1 saturated carbocycles. The predicted octanol–water partition coefficient (Wildman–Crippen LogP) is 2.74. The first-order valence-electron chi connectivity index (χ1n) is 6.62. The molecule has 1 aromatic carbocycles. The summed E-state index contributed by atoms with van der Waals surface area (Å²) >= 11 is 0. The lowest BCUT2D eigenvalue weighted by Gasteiger charge is -2.27. The van der Waals surface area contributed by atoms with Gasteiger partial charge >= 0.3 is 0 Å². The third-order valence-corrected chi connectivity index (χ3v) is 3.87. The zero-order valence-corrected chi connectivity index (χ0v) is 10.4. The number of nitrogens with two attached hydrogens (primary N) is 2. The number of nitrogen functional groups attached to an aromatic ring is 1. The van der Waals surface area contributed by atoms with Crippen LogP contribution in [0.1, 0.15) is 50.1 Å². The van der Waals surface area contributed by atoms with E-state index < -0.39 is 0 Å². The summed E-state index contributed by atoms with van der Waals surface area (Å²) in [7, 11) is 0. The predicted molar refractivity (Wildman–Crippen MR) is 72.1 cm³/mol. The minimum Gasteiger partial charge on any atom is -0.398 e. The quantitative estimate of drug-likeness (QED) is 0.425. The molecule has 1 atom stereocenters. The van der Waals surface area contributed by atoms with Crippen LogP contribution in [0.5, 0.6) is 0 Å². The average molecular weight is 233 g/mol. The topological polar surface area (TPSA) is 64.1 Å². The van der Waals surface area contributed by atoms with E-state index in [-0.39, 0.29) is 6.04 Å². The zero-order valence-electron chi connectivity index (χ0n) is 10.4. The van der Waals surface area contributed by atoms with E-state index in [1.807, 2.05) is 18.2 Å². The molecular weight excluding hydrogens is 210 g/mol. The molecule has 1 aromatic rings. The van der Waals surface area contributed by atoms with Crippen LogP contribution in [0.2, 0.25) is 0 Å². The summed E-state index contributed by atoms with van der Waals surface area (Å²) in [4.78, 5) is 0. The number of rotatable bonds is 4. The summed E-state index contributed by atoms with van der Waals surface area (Å²) in [5, 5.41) is 0. The van der Waals surface area contributed by atoms with Crippen molar-refractivity contribution in [3.05, 3.63) is 29.8 Å². The third-order valence-electron chi connectivity index (χ3n) is 3.87. The second kappa shape index (κ2) is 6.03. The van der Waals surface area contributed by atoms with E-state index in [1.165, 1.54) is 32.1 Å². The lowest BCUT2D eigenvalue weighted by Crippen LogP contribution is -2.30. The number of benzene rings is 1. The van der Waals surface area contributed by atoms with E-state index in [9.17, 15) is 0 Å². The van der Waals surface area contributed by atoms with Gasteiger partial charge in [-0.2, -0.15) is 0 Å². The fraction of sp³-hybridized carbons (Fsp3) is 0.571. The Balaban J connectivity index is 2.03. The van der Waals surface area contributed by atoms with Crippen molar-refractivity contribution in [1.82, 2.24) is 5.43 Å². The highest BCUT2D eigenvalue weighted by Crippen LogP contribution is 2.33. The molecule has 0 bridgehead atoms. The number of hydrazine groups is 1. The maximum absolute atomic E-state index is 6.01.